The molecule has 13 rings (SSSR count). The van der Waals surface area contributed by atoms with Crippen LogP contribution in [0, 0.1) is 0 Å². The molecule has 12 heteroatoms. The van der Waals surface area contributed by atoms with E-state index in [-0.39, 0.29) is 63.2 Å². The van der Waals surface area contributed by atoms with Crippen LogP contribution in [0.15, 0.2) is 255 Å². The number of ether oxygens (including phenoxy) is 10. The standard InChI is InChI=1S/C88H80O12/c1-91-85-69-35-65-41-77(95-53-59-23-11-5-12-24-59)42-66(83(65)89)36-71-47-81(99-57-63-31-19-9-20-32-63)51-75(87(71)93-3)40-76-52-82(100-58-64-33-21-10-22-34-64)48-72(88(76)94-4)38-68-44-78(96-54-60-25-13-6-14-26-60)43-67(84(68)90)37-70-46-80(98-56-62-29-17-8-18-30-62)50-74(86(70)92-2)39-73(85)49-79(45-69)97-55-61-27-15-7-16-28-61/h5-34,41-52,89-90H,35-40,53-58H2,1-4H3. The van der Waals surface area contributed by atoms with Gasteiger partial charge in [0.2, 0.25) is 0 Å². The third-order valence-electron chi connectivity index (χ3n) is 17.9. The number of rotatable bonds is 22. The molecule has 0 saturated heterocycles. The maximum Gasteiger partial charge on any atom is 0.126 e. The van der Waals surface area contributed by atoms with Crippen molar-refractivity contribution in [3.05, 3.63) is 355 Å². The van der Waals surface area contributed by atoms with Gasteiger partial charge in [0, 0.05) is 105 Å². The molecule has 0 amide bonds. The average molecular weight is 1330 g/mol. The Kier molecular flexibility index (Phi) is 21.4. The molecule has 0 aliphatic heterocycles. The Balaban J connectivity index is 1.03. The normalized spacial score (nSPS) is 11.9. The van der Waals surface area contributed by atoms with Crippen LogP contribution in [0.4, 0.5) is 0 Å². The van der Waals surface area contributed by atoms with Crippen LogP contribution in [0.2, 0.25) is 0 Å². The molecule has 1 aliphatic rings. The number of phenols is 2. The van der Waals surface area contributed by atoms with Crippen molar-refractivity contribution in [3.63, 3.8) is 0 Å². The number of aromatic hydroxyl groups is 2. The predicted octanol–water partition coefficient (Wildman–Crippen LogP) is 18.5. The first kappa shape index (κ1) is 66.8. The van der Waals surface area contributed by atoms with Gasteiger partial charge >= 0.3 is 0 Å². The quantitative estimate of drug-likeness (QED) is 0.0669. The van der Waals surface area contributed by atoms with Gasteiger partial charge in [-0.05, 0) is 106 Å². The molecule has 12 aromatic rings. The topological polar surface area (TPSA) is 133 Å². The van der Waals surface area contributed by atoms with Gasteiger partial charge in [-0.25, -0.2) is 0 Å². The van der Waals surface area contributed by atoms with Crippen molar-refractivity contribution in [2.24, 2.45) is 0 Å². The lowest BCUT2D eigenvalue weighted by Gasteiger charge is -2.22. The lowest BCUT2D eigenvalue weighted by molar-refractivity contribution is 0.303. The summed E-state index contributed by atoms with van der Waals surface area (Å²) in [6.07, 6.45) is 1.34. The number of phenolic OH excluding ortho intramolecular Hbond substituents is 2. The van der Waals surface area contributed by atoms with Crippen LogP contribution in [-0.2, 0) is 78.2 Å². The molecule has 12 aromatic carbocycles. The molecule has 100 heavy (non-hydrogen) atoms. The monoisotopic (exact) mass is 1330 g/mol. The van der Waals surface area contributed by atoms with E-state index in [1.807, 2.05) is 255 Å². The number of benzene rings is 12. The Labute approximate surface area is 585 Å². The number of hydrogen-bond acceptors (Lipinski definition) is 12. The second-order valence-electron chi connectivity index (χ2n) is 25.0. The summed E-state index contributed by atoms with van der Waals surface area (Å²) in [7, 11) is 6.68. The van der Waals surface area contributed by atoms with Crippen molar-refractivity contribution in [3.8, 4) is 69.0 Å². The molecule has 2 N–H and O–H groups in total. The molecule has 0 heterocycles. The Morgan fingerprint density at radius 1 is 0.210 bits per heavy atom. The van der Waals surface area contributed by atoms with Gasteiger partial charge in [-0.2, -0.15) is 0 Å². The van der Waals surface area contributed by atoms with Crippen molar-refractivity contribution in [2.75, 3.05) is 28.4 Å². The second kappa shape index (κ2) is 32.1. The molecular formula is C88H80O12. The van der Waals surface area contributed by atoms with Crippen LogP contribution in [0.5, 0.6) is 69.0 Å². The first-order valence-corrected chi connectivity index (χ1v) is 33.6. The van der Waals surface area contributed by atoms with E-state index in [0.29, 0.717) is 106 Å². The molecule has 0 radical (unpaired) electrons. The van der Waals surface area contributed by atoms with Crippen molar-refractivity contribution >= 4 is 0 Å². The third kappa shape index (κ3) is 16.6. The highest BCUT2D eigenvalue weighted by molar-refractivity contribution is 5.62. The number of methoxy groups -OCH3 is 4. The van der Waals surface area contributed by atoms with Crippen LogP contribution in [0.25, 0.3) is 0 Å². The van der Waals surface area contributed by atoms with Gasteiger partial charge in [-0.3, -0.25) is 0 Å². The summed E-state index contributed by atoms with van der Waals surface area (Å²) in [5, 5.41) is 26.2. The highest BCUT2D eigenvalue weighted by Crippen LogP contribution is 2.45. The molecule has 0 unspecified atom stereocenters. The molecule has 0 fully saturated rings. The van der Waals surface area contributed by atoms with E-state index >= 15 is 0 Å². The molecular weight excluding hydrogens is 1250 g/mol. The Morgan fingerprint density at radius 3 is 0.500 bits per heavy atom. The summed E-state index contributed by atoms with van der Waals surface area (Å²) in [6.45, 7) is 1.72. The molecule has 504 valence electrons. The molecule has 1 aliphatic carbocycles. The van der Waals surface area contributed by atoms with Crippen molar-refractivity contribution in [1.82, 2.24) is 0 Å². The average Bonchev–Trinajstić information content (AvgIpc) is 0.786. The maximum atomic E-state index is 13.1. The molecule has 0 saturated carbocycles. The van der Waals surface area contributed by atoms with Gasteiger partial charge in [0.25, 0.3) is 0 Å². The predicted molar refractivity (Wildman–Crippen MR) is 390 cm³/mol. The lowest BCUT2D eigenvalue weighted by atomic mass is 9.90. The zero-order valence-electron chi connectivity index (χ0n) is 56.7. The lowest BCUT2D eigenvalue weighted by Crippen LogP contribution is -2.07. The molecule has 0 atom stereocenters. The van der Waals surface area contributed by atoms with Crippen molar-refractivity contribution in [2.45, 2.75) is 78.2 Å². The zero-order chi connectivity index (χ0) is 68.6. The minimum atomic E-state index is 0.0733. The zero-order valence-corrected chi connectivity index (χ0v) is 56.7. The Morgan fingerprint density at radius 2 is 0.350 bits per heavy atom. The largest absolute Gasteiger partial charge is 0.507 e. The van der Waals surface area contributed by atoms with Gasteiger partial charge in [0.1, 0.15) is 109 Å². The first-order chi connectivity index (χ1) is 49.1. The number of fused-ring (bicyclic) bond motifs is 12. The van der Waals surface area contributed by atoms with Gasteiger partial charge in [0.05, 0.1) is 28.4 Å². The van der Waals surface area contributed by atoms with E-state index in [0.717, 1.165) is 77.9 Å². The Hall–Kier alpha value is -11.8. The minimum absolute atomic E-state index is 0.0733. The van der Waals surface area contributed by atoms with Gasteiger partial charge in [0.15, 0.2) is 0 Å². The maximum absolute atomic E-state index is 13.1. The summed E-state index contributed by atoms with van der Waals surface area (Å²) < 4.78 is 66.8. The Bertz CT molecular complexity index is 4170. The van der Waals surface area contributed by atoms with E-state index in [9.17, 15) is 10.2 Å². The summed E-state index contributed by atoms with van der Waals surface area (Å²) in [4.78, 5) is 0. The van der Waals surface area contributed by atoms with E-state index in [4.69, 9.17) is 47.4 Å². The van der Waals surface area contributed by atoms with E-state index in [1.54, 1.807) is 28.4 Å². The van der Waals surface area contributed by atoms with Gasteiger partial charge in [-0.1, -0.05) is 182 Å². The molecule has 12 bridgehead atoms. The fraction of sp³-hybridized carbons (Fsp3) is 0.182. The van der Waals surface area contributed by atoms with E-state index in [1.165, 1.54) is 0 Å². The highest BCUT2D eigenvalue weighted by atomic mass is 16.5. The minimum Gasteiger partial charge on any atom is -0.507 e. The smallest absolute Gasteiger partial charge is 0.126 e. The SMILES string of the molecule is COc1c2cc(OCc3ccccc3)cc1Cc1cc(OCc3ccccc3)cc(c1OC)Cc1cc(OCc3ccccc3)cc(c1O)Cc1cc(OCc3ccccc3)cc(c1OC)Cc1cc(OCc3ccccc3)cc(c1OC)Cc1cc(OCc3ccccc3)cc(c1O)C2. The van der Waals surface area contributed by atoms with Crippen LogP contribution < -0.4 is 47.4 Å². The summed E-state index contributed by atoms with van der Waals surface area (Å²) in [6, 6.07) is 83.9. The highest BCUT2D eigenvalue weighted by Gasteiger charge is 2.26. The second-order valence-corrected chi connectivity index (χ2v) is 25.0. The molecule has 12 nitrogen and oxygen atoms in total. The van der Waals surface area contributed by atoms with Gasteiger partial charge in [-0.15, -0.1) is 0 Å². The van der Waals surface area contributed by atoms with Crippen molar-refractivity contribution in [1.29, 1.82) is 0 Å². The van der Waals surface area contributed by atoms with E-state index < -0.39 is 0 Å². The molecule has 0 spiro atoms. The third-order valence-corrected chi connectivity index (χ3v) is 17.9. The van der Waals surface area contributed by atoms with Gasteiger partial charge < -0.3 is 57.6 Å². The summed E-state index contributed by atoms with van der Waals surface area (Å²) in [5.41, 5.74) is 14.4. The first-order valence-electron chi connectivity index (χ1n) is 33.6. The summed E-state index contributed by atoms with van der Waals surface area (Å²) in [5.74, 6) is 5.97. The van der Waals surface area contributed by atoms with E-state index in [2.05, 4.69) is 0 Å². The van der Waals surface area contributed by atoms with Crippen LogP contribution in [-0.4, -0.2) is 38.7 Å². The van der Waals surface area contributed by atoms with Crippen LogP contribution in [0.1, 0.15) is 100 Å². The fourth-order valence-corrected chi connectivity index (χ4v) is 13.2. The van der Waals surface area contributed by atoms with Crippen molar-refractivity contribution < 1.29 is 57.6 Å². The summed E-state index contributed by atoms with van der Waals surface area (Å²) >= 11 is 0. The van der Waals surface area contributed by atoms with Crippen LogP contribution >= 0.6 is 0 Å². The number of hydrogen-bond donors (Lipinski definition) is 2. The fourth-order valence-electron chi connectivity index (χ4n) is 13.2. The van der Waals surface area contributed by atoms with Crippen LogP contribution in [0.3, 0.4) is 0 Å². The molecule has 0 aromatic heterocycles.